The van der Waals surface area contributed by atoms with Crippen molar-refractivity contribution in [2.45, 2.75) is 5.37 Å². The van der Waals surface area contributed by atoms with Gasteiger partial charge in [0, 0.05) is 13.1 Å². The standard InChI is InChI=1S/C4H8N2S2/c7-3-1-5-4(8)2-6-3/h3,6-7H,1-2H2,(H,5,8). The lowest BCUT2D eigenvalue weighted by Gasteiger charge is -2.20. The van der Waals surface area contributed by atoms with Crippen molar-refractivity contribution in [1.29, 1.82) is 0 Å². The van der Waals surface area contributed by atoms with Crippen LogP contribution in [0.2, 0.25) is 0 Å². The summed E-state index contributed by atoms with van der Waals surface area (Å²) in [6.07, 6.45) is 0. The molecule has 1 saturated heterocycles. The van der Waals surface area contributed by atoms with E-state index in [1.54, 1.807) is 0 Å². The molecule has 1 rings (SSSR count). The van der Waals surface area contributed by atoms with Gasteiger partial charge in [-0.1, -0.05) is 12.2 Å². The normalized spacial score (nSPS) is 29.6. The fourth-order valence-electron chi connectivity index (χ4n) is 0.556. The van der Waals surface area contributed by atoms with Gasteiger partial charge in [0.2, 0.25) is 0 Å². The van der Waals surface area contributed by atoms with E-state index < -0.39 is 0 Å². The minimum atomic E-state index is 0.265. The molecule has 1 unspecified atom stereocenters. The maximum atomic E-state index is 4.85. The first-order valence-electron chi connectivity index (χ1n) is 2.47. The summed E-state index contributed by atoms with van der Waals surface area (Å²) < 4.78 is 0. The van der Waals surface area contributed by atoms with Crippen LogP contribution in [0.3, 0.4) is 0 Å². The Morgan fingerprint density at radius 1 is 1.75 bits per heavy atom. The predicted octanol–water partition coefficient (Wildman–Crippen LogP) is -0.237. The van der Waals surface area contributed by atoms with Crippen molar-refractivity contribution in [2.75, 3.05) is 13.1 Å². The molecule has 1 fully saturated rings. The van der Waals surface area contributed by atoms with Gasteiger partial charge in [-0.2, -0.15) is 12.6 Å². The molecule has 2 N–H and O–H groups in total. The summed E-state index contributed by atoms with van der Waals surface area (Å²) in [5.41, 5.74) is 0. The zero-order chi connectivity index (χ0) is 5.98. The topological polar surface area (TPSA) is 24.1 Å². The first kappa shape index (κ1) is 6.32. The lowest BCUT2D eigenvalue weighted by molar-refractivity contribution is 0.646. The van der Waals surface area contributed by atoms with Crippen LogP contribution >= 0.6 is 24.8 Å². The molecule has 46 valence electrons. The van der Waals surface area contributed by atoms with Gasteiger partial charge in [-0.05, 0) is 0 Å². The molecule has 1 heterocycles. The van der Waals surface area contributed by atoms with Crippen LogP contribution in [0.1, 0.15) is 0 Å². The van der Waals surface area contributed by atoms with Crippen LogP contribution in [0.15, 0.2) is 0 Å². The zero-order valence-corrected chi connectivity index (χ0v) is 6.06. The molecule has 1 aliphatic heterocycles. The van der Waals surface area contributed by atoms with E-state index in [9.17, 15) is 0 Å². The summed E-state index contributed by atoms with van der Waals surface area (Å²) in [6, 6.07) is 0. The van der Waals surface area contributed by atoms with Gasteiger partial charge in [-0.3, -0.25) is 5.32 Å². The quantitative estimate of drug-likeness (QED) is 0.326. The Hall–Kier alpha value is 0.200. The van der Waals surface area contributed by atoms with E-state index in [2.05, 4.69) is 23.3 Å². The van der Waals surface area contributed by atoms with E-state index in [0.717, 1.165) is 18.1 Å². The van der Waals surface area contributed by atoms with Gasteiger partial charge in [0.05, 0.1) is 10.4 Å². The Morgan fingerprint density at radius 3 is 2.88 bits per heavy atom. The van der Waals surface area contributed by atoms with Crippen LogP contribution in [-0.4, -0.2) is 23.5 Å². The van der Waals surface area contributed by atoms with E-state index >= 15 is 0 Å². The molecule has 0 aromatic rings. The highest BCUT2D eigenvalue weighted by atomic mass is 32.1. The molecule has 0 amide bonds. The van der Waals surface area contributed by atoms with Crippen molar-refractivity contribution in [1.82, 2.24) is 10.6 Å². The van der Waals surface area contributed by atoms with E-state index in [1.165, 1.54) is 0 Å². The van der Waals surface area contributed by atoms with Crippen molar-refractivity contribution in [3.8, 4) is 0 Å². The summed E-state index contributed by atoms with van der Waals surface area (Å²) >= 11 is 9.02. The molecule has 0 spiro atoms. The van der Waals surface area contributed by atoms with Crippen LogP contribution in [0, 0.1) is 0 Å². The van der Waals surface area contributed by atoms with Gasteiger partial charge in [0.1, 0.15) is 0 Å². The molecule has 1 aliphatic rings. The smallest absolute Gasteiger partial charge is 0.0894 e. The van der Waals surface area contributed by atoms with E-state index in [-0.39, 0.29) is 5.37 Å². The highest BCUT2D eigenvalue weighted by molar-refractivity contribution is 7.81. The predicted molar refractivity (Wildman–Crippen MR) is 41.4 cm³/mol. The van der Waals surface area contributed by atoms with Crippen molar-refractivity contribution in [3.05, 3.63) is 0 Å². The number of hydrogen-bond donors (Lipinski definition) is 3. The number of rotatable bonds is 0. The van der Waals surface area contributed by atoms with Crippen LogP contribution < -0.4 is 10.6 Å². The first-order chi connectivity index (χ1) is 3.79. The Morgan fingerprint density at radius 2 is 2.50 bits per heavy atom. The summed E-state index contributed by atoms with van der Waals surface area (Å²) in [7, 11) is 0. The summed E-state index contributed by atoms with van der Waals surface area (Å²) in [4.78, 5) is 0.885. The van der Waals surface area contributed by atoms with E-state index in [4.69, 9.17) is 12.2 Å². The average Bonchev–Trinajstić information content (AvgIpc) is 1.77. The minimum Gasteiger partial charge on any atom is -0.376 e. The molecular formula is C4H8N2S2. The molecule has 0 aromatic carbocycles. The Balaban J connectivity index is 2.29. The van der Waals surface area contributed by atoms with Crippen molar-refractivity contribution >= 4 is 29.8 Å². The first-order valence-corrected chi connectivity index (χ1v) is 3.39. The molecule has 0 radical (unpaired) electrons. The molecule has 0 bridgehead atoms. The van der Waals surface area contributed by atoms with Crippen LogP contribution in [0.25, 0.3) is 0 Å². The number of thiocarbonyl (C=S) groups is 1. The lowest BCUT2D eigenvalue weighted by Crippen LogP contribution is -2.48. The third-order valence-electron chi connectivity index (χ3n) is 0.991. The van der Waals surface area contributed by atoms with E-state index in [1.807, 2.05) is 0 Å². The number of nitrogens with one attached hydrogen (secondary N) is 2. The van der Waals surface area contributed by atoms with Gasteiger partial charge in [-0.25, -0.2) is 0 Å². The second-order valence-electron chi connectivity index (χ2n) is 1.70. The molecular weight excluding hydrogens is 140 g/mol. The molecule has 1 atom stereocenters. The number of hydrogen-bond acceptors (Lipinski definition) is 3. The molecule has 8 heavy (non-hydrogen) atoms. The van der Waals surface area contributed by atoms with Gasteiger partial charge >= 0.3 is 0 Å². The molecule has 4 heteroatoms. The highest BCUT2D eigenvalue weighted by Crippen LogP contribution is 1.91. The monoisotopic (exact) mass is 148 g/mol. The van der Waals surface area contributed by atoms with E-state index in [0.29, 0.717) is 0 Å². The fraction of sp³-hybridized carbons (Fsp3) is 0.750. The van der Waals surface area contributed by atoms with Crippen molar-refractivity contribution in [2.24, 2.45) is 0 Å². The van der Waals surface area contributed by atoms with Gasteiger partial charge < -0.3 is 5.32 Å². The number of thiol groups is 1. The highest BCUT2D eigenvalue weighted by Gasteiger charge is 2.08. The van der Waals surface area contributed by atoms with Crippen molar-refractivity contribution < 1.29 is 0 Å². The zero-order valence-electron chi connectivity index (χ0n) is 4.35. The fourth-order valence-corrected chi connectivity index (χ4v) is 0.905. The van der Waals surface area contributed by atoms with Crippen LogP contribution in [-0.2, 0) is 0 Å². The third kappa shape index (κ3) is 1.61. The van der Waals surface area contributed by atoms with Crippen molar-refractivity contribution in [3.63, 3.8) is 0 Å². The maximum Gasteiger partial charge on any atom is 0.0894 e. The molecule has 0 aliphatic carbocycles. The maximum absolute atomic E-state index is 4.85. The molecule has 2 nitrogen and oxygen atoms in total. The molecule has 0 saturated carbocycles. The third-order valence-corrected chi connectivity index (χ3v) is 1.64. The minimum absolute atomic E-state index is 0.265. The second-order valence-corrected chi connectivity index (χ2v) is 2.82. The lowest BCUT2D eigenvalue weighted by atomic mass is 10.4. The Kier molecular flexibility index (Phi) is 2.10. The Labute approximate surface area is 59.4 Å². The number of piperazine rings is 1. The largest absolute Gasteiger partial charge is 0.376 e. The van der Waals surface area contributed by atoms with Crippen LogP contribution in [0.4, 0.5) is 0 Å². The summed E-state index contributed by atoms with van der Waals surface area (Å²) in [6.45, 7) is 1.60. The average molecular weight is 148 g/mol. The van der Waals surface area contributed by atoms with Gasteiger partial charge in [-0.15, -0.1) is 0 Å². The summed E-state index contributed by atoms with van der Waals surface area (Å²) in [5, 5.41) is 6.38. The van der Waals surface area contributed by atoms with Crippen LogP contribution in [0.5, 0.6) is 0 Å². The second kappa shape index (κ2) is 2.66. The Bertz CT molecular complexity index is 94.2. The SMILES string of the molecule is S=C1CNC(S)CN1. The summed E-state index contributed by atoms with van der Waals surface area (Å²) in [5.74, 6) is 0. The molecule has 0 aromatic heterocycles. The van der Waals surface area contributed by atoms with Gasteiger partial charge in [0.25, 0.3) is 0 Å². The van der Waals surface area contributed by atoms with Gasteiger partial charge in [0.15, 0.2) is 0 Å².